The van der Waals surface area contributed by atoms with Crippen molar-refractivity contribution in [2.24, 2.45) is 0 Å². The molecule has 1 amide bonds. The van der Waals surface area contributed by atoms with Gasteiger partial charge in [0.25, 0.3) is 0 Å². The van der Waals surface area contributed by atoms with Crippen molar-refractivity contribution in [2.45, 2.75) is 26.4 Å². The Labute approximate surface area is 173 Å². The summed E-state index contributed by atoms with van der Waals surface area (Å²) in [4.78, 5) is 22.4. The highest BCUT2D eigenvalue weighted by Crippen LogP contribution is 2.23. The van der Waals surface area contributed by atoms with Gasteiger partial charge >= 0.3 is 5.82 Å². The summed E-state index contributed by atoms with van der Waals surface area (Å²) in [7, 11) is 0. The van der Waals surface area contributed by atoms with Crippen molar-refractivity contribution >= 4 is 45.1 Å². The van der Waals surface area contributed by atoms with E-state index in [4.69, 9.17) is 11.6 Å². The number of hydrogen-bond donors (Lipinski definition) is 1. The quantitative estimate of drug-likeness (QED) is 0.420. The topological polar surface area (TPSA) is 108 Å². The maximum absolute atomic E-state index is 12.2. The van der Waals surface area contributed by atoms with E-state index >= 15 is 0 Å². The first kappa shape index (κ1) is 20.0. The van der Waals surface area contributed by atoms with Gasteiger partial charge in [0.15, 0.2) is 5.82 Å². The molecule has 0 atom stereocenters. The molecule has 0 spiro atoms. The lowest BCUT2D eigenvalue weighted by atomic mass is 10.2. The highest BCUT2D eigenvalue weighted by molar-refractivity contribution is 9.10. The molecule has 3 aromatic rings. The molecule has 2 aromatic heterocycles. The number of nitro groups is 1. The molecule has 9 nitrogen and oxygen atoms in total. The fraction of sp³-hybridized carbons (Fsp3) is 0.235. The van der Waals surface area contributed by atoms with Crippen molar-refractivity contribution in [1.29, 1.82) is 0 Å². The molecule has 1 N–H and O–H groups in total. The van der Waals surface area contributed by atoms with Gasteiger partial charge in [-0.1, -0.05) is 29.8 Å². The molecule has 0 fully saturated rings. The lowest BCUT2D eigenvalue weighted by Gasteiger charge is -2.04. The summed E-state index contributed by atoms with van der Waals surface area (Å²) in [5.41, 5.74) is 1.53. The van der Waals surface area contributed by atoms with Gasteiger partial charge in [-0.15, -0.1) is 0 Å². The second kappa shape index (κ2) is 8.53. The smallest absolute Gasteiger partial charge is 0.358 e. The number of carbonyl (C=O) groups is 1. The molecule has 1 aromatic carbocycles. The summed E-state index contributed by atoms with van der Waals surface area (Å²) < 4.78 is 3.74. The number of hydrogen-bond acceptors (Lipinski definition) is 5. The molecule has 0 saturated carbocycles. The van der Waals surface area contributed by atoms with E-state index in [1.54, 1.807) is 23.9 Å². The summed E-state index contributed by atoms with van der Waals surface area (Å²) in [6, 6.07) is 8.82. The molecule has 2 heterocycles. The number of aryl methyl sites for hydroxylation is 2. The molecule has 0 aliphatic carbocycles. The van der Waals surface area contributed by atoms with Crippen LogP contribution in [0.2, 0.25) is 5.02 Å². The van der Waals surface area contributed by atoms with Crippen molar-refractivity contribution in [3.63, 3.8) is 0 Å². The van der Waals surface area contributed by atoms with Gasteiger partial charge in [0.2, 0.25) is 5.91 Å². The Morgan fingerprint density at radius 3 is 2.79 bits per heavy atom. The van der Waals surface area contributed by atoms with Crippen LogP contribution in [-0.4, -0.2) is 30.4 Å². The number of anilines is 1. The Kier molecular flexibility index (Phi) is 6.10. The SMILES string of the molecule is Cc1cc([N+](=O)[O-])nn1CCC(=O)Nc1nn(Cc2ccccc2Cl)cc1Br. The van der Waals surface area contributed by atoms with Gasteiger partial charge in [-0.3, -0.25) is 9.48 Å². The van der Waals surface area contributed by atoms with E-state index in [2.05, 4.69) is 31.4 Å². The third-order valence-corrected chi connectivity index (χ3v) is 4.92. The summed E-state index contributed by atoms with van der Waals surface area (Å²) in [5.74, 6) is -0.125. The zero-order valence-electron chi connectivity index (χ0n) is 14.8. The van der Waals surface area contributed by atoms with Crippen molar-refractivity contribution in [3.8, 4) is 0 Å². The van der Waals surface area contributed by atoms with Crippen LogP contribution in [0.3, 0.4) is 0 Å². The van der Waals surface area contributed by atoms with E-state index in [1.807, 2.05) is 18.2 Å². The van der Waals surface area contributed by atoms with Crippen molar-refractivity contribution < 1.29 is 9.72 Å². The molecule has 146 valence electrons. The molecule has 0 bridgehead atoms. The van der Waals surface area contributed by atoms with Crippen LogP contribution in [0.1, 0.15) is 17.7 Å². The molecule has 3 rings (SSSR count). The second-order valence-corrected chi connectivity index (χ2v) is 7.30. The van der Waals surface area contributed by atoms with E-state index in [-0.39, 0.29) is 24.7 Å². The van der Waals surface area contributed by atoms with Gasteiger partial charge in [0.05, 0.1) is 34.4 Å². The Morgan fingerprint density at radius 1 is 1.36 bits per heavy atom. The van der Waals surface area contributed by atoms with Crippen molar-refractivity contribution in [2.75, 3.05) is 5.32 Å². The zero-order valence-corrected chi connectivity index (χ0v) is 17.1. The number of rotatable bonds is 7. The Balaban J connectivity index is 1.61. The predicted octanol–water partition coefficient (Wildman–Crippen LogP) is 3.79. The van der Waals surface area contributed by atoms with Gasteiger partial charge in [-0.2, -0.15) is 9.78 Å². The molecule has 0 aliphatic rings. The number of carbonyl (C=O) groups excluding carboxylic acids is 1. The molecule has 0 saturated heterocycles. The largest absolute Gasteiger partial charge is 0.390 e. The Bertz CT molecular complexity index is 1030. The second-order valence-electron chi connectivity index (χ2n) is 6.04. The number of halogens is 2. The minimum atomic E-state index is -0.563. The molecule has 11 heteroatoms. The first-order valence-electron chi connectivity index (χ1n) is 8.28. The molecular formula is C17H16BrClN6O3. The standard InChI is InChI=1S/C17H16BrClN6O3/c1-11-8-15(25(27)28)21-24(11)7-6-16(26)20-17-13(18)10-23(22-17)9-12-4-2-3-5-14(12)19/h2-5,8,10H,6-7,9H2,1H3,(H,20,22,26). The van der Waals surface area contributed by atoms with Gasteiger partial charge in [-0.25, -0.2) is 0 Å². The van der Waals surface area contributed by atoms with E-state index in [0.717, 1.165) is 5.56 Å². The highest BCUT2D eigenvalue weighted by Gasteiger charge is 2.17. The molecular weight excluding hydrogens is 452 g/mol. The Morgan fingerprint density at radius 2 is 2.11 bits per heavy atom. The van der Waals surface area contributed by atoms with E-state index in [9.17, 15) is 14.9 Å². The number of amides is 1. The number of aromatic nitrogens is 4. The zero-order chi connectivity index (χ0) is 20.3. The number of nitrogens with one attached hydrogen (secondary N) is 1. The van der Waals surface area contributed by atoms with Crippen LogP contribution in [0, 0.1) is 17.0 Å². The van der Waals surface area contributed by atoms with Gasteiger partial charge in [0, 0.05) is 17.6 Å². The van der Waals surface area contributed by atoms with E-state index in [1.165, 1.54) is 10.7 Å². The number of benzene rings is 1. The van der Waals surface area contributed by atoms with Crippen LogP contribution in [0.25, 0.3) is 0 Å². The van der Waals surface area contributed by atoms with Crippen LogP contribution >= 0.6 is 27.5 Å². The van der Waals surface area contributed by atoms with Gasteiger partial charge in [-0.05, 0) is 39.4 Å². The average Bonchev–Trinajstić information content (AvgIpc) is 3.18. The maximum Gasteiger partial charge on any atom is 0.390 e. The van der Waals surface area contributed by atoms with Gasteiger partial charge in [0.1, 0.15) is 0 Å². The fourth-order valence-electron chi connectivity index (χ4n) is 2.57. The third kappa shape index (κ3) is 4.76. The lowest BCUT2D eigenvalue weighted by molar-refractivity contribution is -0.389. The van der Waals surface area contributed by atoms with E-state index < -0.39 is 4.92 Å². The first-order chi connectivity index (χ1) is 13.3. The Hall–Kier alpha value is -2.72. The number of nitrogens with zero attached hydrogens (tertiary/aromatic N) is 5. The summed E-state index contributed by atoms with van der Waals surface area (Å²) in [6.45, 7) is 2.39. The maximum atomic E-state index is 12.2. The van der Waals surface area contributed by atoms with Crippen LogP contribution in [0.4, 0.5) is 11.6 Å². The van der Waals surface area contributed by atoms with Gasteiger partial charge < -0.3 is 15.4 Å². The molecule has 0 aliphatic heterocycles. The lowest BCUT2D eigenvalue weighted by Crippen LogP contribution is -2.16. The van der Waals surface area contributed by atoms with Crippen LogP contribution in [0.15, 0.2) is 41.0 Å². The third-order valence-electron chi connectivity index (χ3n) is 3.97. The molecule has 28 heavy (non-hydrogen) atoms. The predicted molar refractivity (Wildman–Crippen MR) is 107 cm³/mol. The first-order valence-corrected chi connectivity index (χ1v) is 9.45. The highest BCUT2D eigenvalue weighted by atomic mass is 79.9. The van der Waals surface area contributed by atoms with Crippen LogP contribution < -0.4 is 5.32 Å². The monoisotopic (exact) mass is 466 g/mol. The summed E-state index contributed by atoms with van der Waals surface area (Å²) in [6.07, 6.45) is 1.85. The van der Waals surface area contributed by atoms with E-state index in [0.29, 0.717) is 27.6 Å². The summed E-state index contributed by atoms with van der Waals surface area (Å²) >= 11 is 9.55. The minimum absolute atomic E-state index is 0.101. The van der Waals surface area contributed by atoms with Crippen molar-refractivity contribution in [1.82, 2.24) is 19.6 Å². The van der Waals surface area contributed by atoms with Crippen molar-refractivity contribution in [3.05, 3.63) is 67.4 Å². The minimum Gasteiger partial charge on any atom is -0.358 e. The van der Waals surface area contributed by atoms with Crippen LogP contribution in [-0.2, 0) is 17.9 Å². The summed E-state index contributed by atoms with van der Waals surface area (Å²) in [5, 5.41) is 22.3. The fourth-order valence-corrected chi connectivity index (χ4v) is 3.18. The molecule has 0 unspecified atom stereocenters. The molecule has 0 radical (unpaired) electrons. The van der Waals surface area contributed by atoms with Crippen LogP contribution in [0.5, 0.6) is 0 Å². The average molecular weight is 468 g/mol. The normalized spacial score (nSPS) is 10.8.